The maximum Gasteiger partial charge on any atom is 0.326 e. The van der Waals surface area contributed by atoms with Gasteiger partial charge in [-0.2, -0.15) is 0 Å². The van der Waals surface area contributed by atoms with Gasteiger partial charge in [-0.25, -0.2) is 4.79 Å². The number of carboxylic acid groups (broad SMARTS) is 2. The van der Waals surface area contributed by atoms with Crippen molar-refractivity contribution in [3.8, 4) is 0 Å². The normalized spacial score (nSPS) is 11.7. The first-order valence-electron chi connectivity index (χ1n) is 27.0. The molecule has 2 amide bonds. The van der Waals surface area contributed by atoms with Crippen LogP contribution in [0, 0.1) is 0 Å². The maximum atomic E-state index is 12.4. The van der Waals surface area contributed by atoms with Gasteiger partial charge in [0.05, 0.1) is 99.1 Å². The molecule has 422 valence electrons. The van der Waals surface area contributed by atoms with E-state index < -0.39 is 18.0 Å². The van der Waals surface area contributed by atoms with Crippen molar-refractivity contribution >= 4 is 35.3 Å². The molecule has 0 rings (SSSR count). The molecule has 20 nitrogen and oxygen atoms in total. The van der Waals surface area contributed by atoms with E-state index >= 15 is 0 Å². The number of rotatable bonds is 60. The number of nitrogens with one attached hydrogen (secondary N) is 2. The number of hydrogen-bond donors (Lipinski definition) is 4. The zero-order valence-corrected chi connectivity index (χ0v) is 44.1. The largest absolute Gasteiger partial charge is 0.481 e. The van der Waals surface area contributed by atoms with E-state index in [1.54, 1.807) is 0 Å². The highest BCUT2D eigenvalue weighted by atomic mass is 16.6. The topological polar surface area (TPSA) is 259 Å². The van der Waals surface area contributed by atoms with Crippen LogP contribution in [-0.4, -0.2) is 190 Å². The van der Waals surface area contributed by atoms with Crippen molar-refractivity contribution in [3.63, 3.8) is 0 Å². The maximum absolute atomic E-state index is 12.4. The van der Waals surface area contributed by atoms with E-state index in [0.717, 1.165) is 51.6 Å². The Kier molecular flexibility index (Phi) is 53.1. The van der Waals surface area contributed by atoms with Crippen molar-refractivity contribution in [3.05, 3.63) is 0 Å². The predicted molar refractivity (Wildman–Crippen MR) is 270 cm³/mol. The summed E-state index contributed by atoms with van der Waals surface area (Å²) in [6.07, 6.45) is 18.4. The molecule has 0 unspecified atom stereocenters. The molecule has 0 aromatic heterocycles. The molecule has 0 saturated heterocycles. The first-order valence-corrected chi connectivity index (χ1v) is 27.0. The molecule has 0 saturated carbocycles. The summed E-state index contributed by atoms with van der Waals surface area (Å²) in [7, 11) is 0. The summed E-state index contributed by atoms with van der Waals surface area (Å²) in [5, 5.41) is 23.5. The predicted octanol–water partition coefficient (Wildman–Crippen LogP) is 6.05. The van der Waals surface area contributed by atoms with Crippen LogP contribution >= 0.6 is 0 Å². The molecule has 1 atom stereocenters. The van der Waals surface area contributed by atoms with Crippen LogP contribution in [0.5, 0.6) is 0 Å². The zero-order chi connectivity index (χ0) is 52.6. The van der Waals surface area contributed by atoms with E-state index in [0.29, 0.717) is 105 Å². The highest BCUT2D eigenvalue weighted by Gasteiger charge is 2.21. The van der Waals surface area contributed by atoms with Crippen LogP contribution in [0.1, 0.15) is 155 Å². The van der Waals surface area contributed by atoms with Gasteiger partial charge in [-0.15, -0.1) is 0 Å². The Morgan fingerprint density at radius 3 is 1.18 bits per heavy atom. The lowest BCUT2D eigenvalue weighted by Crippen LogP contribution is -2.41. The highest BCUT2D eigenvalue weighted by Crippen LogP contribution is 2.14. The number of ketones is 2. The van der Waals surface area contributed by atoms with E-state index in [1.165, 1.54) is 44.9 Å². The lowest BCUT2D eigenvalue weighted by Gasteiger charge is -2.14. The van der Waals surface area contributed by atoms with E-state index in [1.807, 2.05) is 0 Å². The SMILES string of the molecule is CCCOCCOCCOCCOCCOCCOCCCC(=O)COCCOCCNC(=O)COCCOCCCC(=O)CC[C@H](NC(=O)CCCCCCCCCCCCCCCCC(=O)O)C(=O)O. The Morgan fingerprint density at radius 2 is 0.736 bits per heavy atom. The summed E-state index contributed by atoms with van der Waals surface area (Å²) in [4.78, 5) is 71.0. The van der Waals surface area contributed by atoms with Gasteiger partial charge in [0.15, 0.2) is 5.78 Å². The second-order valence-corrected chi connectivity index (χ2v) is 17.5. The lowest BCUT2D eigenvalue weighted by atomic mass is 10.0. The van der Waals surface area contributed by atoms with Crippen LogP contribution < -0.4 is 10.6 Å². The Labute approximate surface area is 430 Å². The minimum Gasteiger partial charge on any atom is -0.481 e. The number of ether oxygens (including phenoxy) is 10. The fraction of sp³-hybridized carbons (Fsp3) is 0.885. The third kappa shape index (κ3) is 54.6. The average molecular weight is 1040 g/mol. The van der Waals surface area contributed by atoms with Gasteiger partial charge >= 0.3 is 11.9 Å². The number of hydrogen-bond acceptors (Lipinski definition) is 16. The van der Waals surface area contributed by atoms with Gasteiger partial charge in [-0.05, 0) is 38.5 Å². The zero-order valence-electron chi connectivity index (χ0n) is 44.1. The summed E-state index contributed by atoms with van der Waals surface area (Å²) in [5.74, 6) is -2.60. The van der Waals surface area contributed by atoms with Gasteiger partial charge in [0.2, 0.25) is 11.8 Å². The molecule has 0 aromatic carbocycles. The van der Waals surface area contributed by atoms with Crippen molar-refractivity contribution in [1.29, 1.82) is 0 Å². The van der Waals surface area contributed by atoms with Gasteiger partial charge in [0, 0.05) is 58.5 Å². The van der Waals surface area contributed by atoms with E-state index in [-0.39, 0.29) is 108 Å². The van der Waals surface area contributed by atoms with E-state index in [9.17, 15) is 33.9 Å². The number of aliphatic carboxylic acids is 2. The number of carbonyl (C=O) groups is 6. The Bertz CT molecular complexity index is 1300. The quantitative estimate of drug-likeness (QED) is 0.0505. The van der Waals surface area contributed by atoms with Gasteiger partial charge < -0.3 is 68.2 Å². The molecular weight excluding hydrogens is 941 g/mol. The van der Waals surface area contributed by atoms with Gasteiger partial charge in [0.25, 0.3) is 0 Å². The molecule has 0 fully saturated rings. The number of carbonyl (C=O) groups excluding carboxylic acids is 4. The smallest absolute Gasteiger partial charge is 0.326 e. The van der Waals surface area contributed by atoms with Crippen LogP contribution in [-0.2, 0) is 76.1 Å². The van der Waals surface area contributed by atoms with Crippen LogP contribution in [0.25, 0.3) is 0 Å². The standard InChI is InChI=1S/C52H96N2O18/c1-2-26-63-30-32-67-34-36-69-38-39-70-37-35-68-33-31-64-28-18-20-47(56)44-71-42-41-66-29-25-53-50(58)45-72-43-40-65-27-17-19-46(55)23-24-48(52(61)62)54-49(57)21-15-13-11-9-7-5-3-4-6-8-10-12-14-16-22-51(59)60/h48H,2-45H2,1H3,(H,53,58)(H,54,57)(H,59,60)(H,61,62)/t48-/m0/s1. The molecule has 0 bridgehead atoms. The van der Waals surface area contributed by atoms with E-state index in [2.05, 4.69) is 17.6 Å². The van der Waals surface area contributed by atoms with Crippen LogP contribution in [0.15, 0.2) is 0 Å². The highest BCUT2D eigenvalue weighted by molar-refractivity contribution is 5.84. The minimum atomic E-state index is -1.16. The second-order valence-electron chi connectivity index (χ2n) is 17.5. The average Bonchev–Trinajstić information content (AvgIpc) is 3.35. The van der Waals surface area contributed by atoms with Crippen molar-refractivity contribution in [1.82, 2.24) is 10.6 Å². The summed E-state index contributed by atoms with van der Waals surface area (Å²) >= 11 is 0. The van der Waals surface area contributed by atoms with Crippen LogP contribution in [0.2, 0.25) is 0 Å². The molecule has 72 heavy (non-hydrogen) atoms. The number of unbranched alkanes of at least 4 members (excludes halogenated alkanes) is 13. The van der Waals surface area contributed by atoms with Crippen molar-refractivity contribution in [2.24, 2.45) is 0 Å². The van der Waals surface area contributed by atoms with Crippen LogP contribution in [0.3, 0.4) is 0 Å². The summed E-state index contributed by atoms with van der Waals surface area (Å²) in [6.45, 7) is 10.0. The van der Waals surface area contributed by atoms with Gasteiger partial charge in [0.1, 0.15) is 25.0 Å². The van der Waals surface area contributed by atoms with E-state index in [4.69, 9.17) is 52.5 Å². The fourth-order valence-electron chi connectivity index (χ4n) is 6.90. The summed E-state index contributed by atoms with van der Waals surface area (Å²) in [5.41, 5.74) is 0. The molecule has 0 heterocycles. The second kappa shape index (κ2) is 55.6. The number of carboxylic acids is 2. The Hall–Kier alpha value is -3.18. The van der Waals surface area contributed by atoms with Gasteiger partial charge in [-0.1, -0.05) is 84.0 Å². The Morgan fingerprint density at radius 1 is 0.361 bits per heavy atom. The molecule has 4 N–H and O–H groups in total. The molecule has 0 aliphatic rings. The third-order valence-corrected chi connectivity index (χ3v) is 10.9. The molecule has 0 radical (unpaired) electrons. The minimum absolute atomic E-state index is 0.000603. The molecule has 20 heteroatoms. The number of Topliss-reactive ketones (excluding diaryl/α,β-unsaturated/α-hetero) is 2. The molecule has 0 aliphatic heterocycles. The molecule has 0 aliphatic carbocycles. The number of amides is 2. The third-order valence-electron chi connectivity index (χ3n) is 10.9. The van der Waals surface area contributed by atoms with Gasteiger partial charge in [-0.3, -0.25) is 24.0 Å². The van der Waals surface area contributed by atoms with Crippen LogP contribution in [0.4, 0.5) is 0 Å². The molecule has 0 aromatic rings. The molecular formula is C52H96N2O18. The first kappa shape index (κ1) is 68.8. The summed E-state index contributed by atoms with van der Waals surface area (Å²) in [6, 6.07) is -1.10. The monoisotopic (exact) mass is 1040 g/mol. The van der Waals surface area contributed by atoms with Crippen molar-refractivity contribution in [2.45, 2.75) is 161 Å². The first-order chi connectivity index (χ1) is 35.1. The molecule has 0 spiro atoms. The summed E-state index contributed by atoms with van der Waals surface area (Å²) < 4.78 is 54.2. The Balaban J connectivity index is 3.53. The van der Waals surface area contributed by atoms with Crippen molar-refractivity contribution in [2.75, 3.05) is 139 Å². The fourth-order valence-corrected chi connectivity index (χ4v) is 6.90. The lowest BCUT2D eigenvalue weighted by molar-refractivity contribution is -0.142. The van der Waals surface area contributed by atoms with Crippen molar-refractivity contribution < 1.29 is 86.3 Å².